The highest BCUT2D eigenvalue weighted by Crippen LogP contribution is 2.18. The number of furan rings is 1. The van der Waals surface area contributed by atoms with Gasteiger partial charge in [0.1, 0.15) is 18.1 Å². The molecule has 1 N–H and O–H groups in total. The van der Waals surface area contributed by atoms with E-state index in [9.17, 15) is 0 Å². The van der Waals surface area contributed by atoms with Crippen LogP contribution in [-0.4, -0.2) is 6.54 Å². The quantitative estimate of drug-likeness (QED) is 0.775. The lowest BCUT2D eigenvalue weighted by molar-refractivity contribution is 0.270. The fraction of sp³-hybridized carbons (Fsp3) is 0.412. The molecule has 1 aromatic carbocycles. The SMILES string of the molecule is CCCNCc1coc(COc2cc(C)cc(C)c2)c1. The first-order valence-corrected chi connectivity index (χ1v) is 7.15. The highest BCUT2D eigenvalue weighted by atomic mass is 16.5. The van der Waals surface area contributed by atoms with E-state index in [0.29, 0.717) is 6.61 Å². The molecule has 0 atom stereocenters. The highest BCUT2D eigenvalue weighted by Gasteiger charge is 2.03. The molecule has 108 valence electrons. The number of aryl methyl sites for hydroxylation is 2. The first-order chi connectivity index (χ1) is 9.67. The van der Waals surface area contributed by atoms with E-state index in [1.165, 1.54) is 11.1 Å². The number of rotatable bonds is 7. The molecule has 0 bridgehead atoms. The second kappa shape index (κ2) is 7.15. The molecule has 2 aromatic rings. The van der Waals surface area contributed by atoms with Gasteiger partial charge in [0.15, 0.2) is 0 Å². The third-order valence-electron chi connectivity index (χ3n) is 3.04. The van der Waals surface area contributed by atoms with Gasteiger partial charge in [0.2, 0.25) is 0 Å². The second-order valence-electron chi connectivity index (χ2n) is 5.21. The zero-order valence-electron chi connectivity index (χ0n) is 12.5. The van der Waals surface area contributed by atoms with Crippen molar-refractivity contribution in [2.24, 2.45) is 0 Å². The molecule has 0 radical (unpaired) electrons. The molecular weight excluding hydrogens is 250 g/mol. The molecule has 0 fully saturated rings. The number of hydrogen-bond acceptors (Lipinski definition) is 3. The van der Waals surface area contributed by atoms with Crippen LogP contribution in [-0.2, 0) is 13.2 Å². The first-order valence-electron chi connectivity index (χ1n) is 7.15. The monoisotopic (exact) mass is 273 g/mol. The van der Waals surface area contributed by atoms with Gasteiger partial charge >= 0.3 is 0 Å². The van der Waals surface area contributed by atoms with E-state index in [1.54, 1.807) is 6.26 Å². The van der Waals surface area contributed by atoms with E-state index in [4.69, 9.17) is 9.15 Å². The Balaban J connectivity index is 1.87. The summed E-state index contributed by atoms with van der Waals surface area (Å²) in [6.45, 7) is 8.65. The Morgan fingerprint density at radius 1 is 1.10 bits per heavy atom. The predicted octanol–water partition coefficient (Wildman–Crippen LogP) is 3.98. The van der Waals surface area contributed by atoms with Crippen molar-refractivity contribution in [1.29, 1.82) is 0 Å². The van der Waals surface area contributed by atoms with Crippen LogP contribution in [0.25, 0.3) is 0 Å². The van der Waals surface area contributed by atoms with Gasteiger partial charge in [-0.25, -0.2) is 0 Å². The molecule has 0 aliphatic heterocycles. The number of ether oxygens (including phenoxy) is 1. The summed E-state index contributed by atoms with van der Waals surface area (Å²) in [5.74, 6) is 1.75. The lowest BCUT2D eigenvalue weighted by Crippen LogP contribution is -2.13. The number of benzene rings is 1. The van der Waals surface area contributed by atoms with Crippen molar-refractivity contribution in [3.63, 3.8) is 0 Å². The maximum atomic E-state index is 5.78. The minimum absolute atomic E-state index is 0.469. The van der Waals surface area contributed by atoms with Crippen LogP contribution in [0.4, 0.5) is 0 Å². The van der Waals surface area contributed by atoms with Gasteiger partial charge in [-0.15, -0.1) is 0 Å². The van der Waals surface area contributed by atoms with Crippen LogP contribution in [0.1, 0.15) is 35.8 Å². The highest BCUT2D eigenvalue weighted by molar-refractivity contribution is 5.33. The number of nitrogens with one attached hydrogen (secondary N) is 1. The van der Waals surface area contributed by atoms with E-state index in [-0.39, 0.29) is 0 Å². The normalized spacial score (nSPS) is 10.8. The molecule has 0 aliphatic carbocycles. The Labute approximate surface area is 121 Å². The Kier molecular flexibility index (Phi) is 5.24. The van der Waals surface area contributed by atoms with Gasteiger partial charge in [0.25, 0.3) is 0 Å². The Morgan fingerprint density at radius 3 is 2.55 bits per heavy atom. The molecule has 2 rings (SSSR count). The molecule has 20 heavy (non-hydrogen) atoms. The maximum Gasteiger partial charge on any atom is 0.146 e. The van der Waals surface area contributed by atoms with Crippen LogP contribution < -0.4 is 10.1 Å². The van der Waals surface area contributed by atoms with Crippen LogP contribution in [0, 0.1) is 13.8 Å². The van der Waals surface area contributed by atoms with E-state index >= 15 is 0 Å². The first kappa shape index (κ1) is 14.7. The van der Waals surface area contributed by atoms with Gasteiger partial charge in [-0.05, 0) is 56.1 Å². The summed E-state index contributed by atoms with van der Waals surface area (Å²) >= 11 is 0. The van der Waals surface area contributed by atoms with Gasteiger partial charge in [-0.3, -0.25) is 0 Å². The van der Waals surface area contributed by atoms with Crippen molar-refractivity contribution in [2.75, 3.05) is 6.54 Å². The van der Waals surface area contributed by atoms with Crippen LogP contribution >= 0.6 is 0 Å². The zero-order valence-corrected chi connectivity index (χ0v) is 12.5. The molecular formula is C17H23NO2. The van der Waals surface area contributed by atoms with Crippen LogP contribution in [0.5, 0.6) is 5.75 Å². The molecule has 3 nitrogen and oxygen atoms in total. The standard InChI is InChI=1S/C17H23NO2/c1-4-5-18-10-15-9-17(19-11-15)12-20-16-7-13(2)6-14(3)8-16/h6-9,11,18H,4-5,10,12H2,1-3H3. The Hall–Kier alpha value is -1.74. The predicted molar refractivity (Wildman–Crippen MR) is 81.0 cm³/mol. The zero-order chi connectivity index (χ0) is 14.4. The Bertz CT molecular complexity index is 525. The lowest BCUT2D eigenvalue weighted by Gasteiger charge is -2.06. The summed E-state index contributed by atoms with van der Waals surface area (Å²) in [4.78, 5) is 0. The molecule has 3 heteroatoms. The number of hydrogen-bond donors (Lipinski definition) is 1. The third-order valence-corrected chi connectivity index (χ3v) is 3.04. The van der Waals surface area contributed by atoms with Crippen molar-refractivity contribution >= 4 is 0 Å². The Morgan fingerprint density at radius 2 is 1.85 bits per heavy atom. The summed E-state index contributed by atoms with van der Waals surface area (Å²) in [6, 6.07) is 8.27. The smallest absolute Gasteiger partial charge is 0.146 e. The fourth-order valence-corrected chi connectivity index (χ4v) is 2.17. The molecule has 0 saturated carbocycles. The fourth-order valence-electron chi connectivity index (χ4n) is 2.17. The van der Waals surface area contributed by atoms with E-state index in [0.717, 1.165) is 36.6 Å². The van der Waals surface area contributed by atoms with Gasteiger partial charge in [-0.2, -0.15) is 0 Å². The molecule has 1 heterocycles. The summed E-state index contributed by atoms with van der Waals surface area (Å²) < 4.78 is 11.3. The summed E-state index contributed by atoms with van der Waals surface area (Å²) in [6.07, 6.45) is 2.93. The van der Waals surface area contributed by atoms with Gasteiger partial charge in [0, 0.05) is 12.1 Å². The van der Waals surface area contributed by atoms with Crippen molar-refractivity contribution in [3.8, 4) is 5.75 Å². The summed E-state index contributed by atoms with van der Waals surface area (Å²) in [7, 11) is 0. The van der Waals surface area contributed by atoms with Crippen LogP contribution in [0.2, 0.25) is 0 Å². The molecule has 0 saturated heterocycles. The van der Waals surface area contributed by atoms with Crippen molar-refractivity contribution in [3.05, 3.63) is 53.0 Å². The van der Waals surface area contributed by atoms with Crippen LogP contribution in [0.15, 0.2) is 34.9 Å². The summed E-state index contributed by atoms with van der Waals surface area (Å²) in [5, 5.41) is 3.35. The molecule has 1 aromatic heterocycles. The lowest BCUT2D eigenvalue weighted by atomic mass is 10.1. The van der Waals surface area contributed by atoms with Crippen molar-refractivity contribution in [2.45, 2.75) is 40.3 Å². The minimum atomic E-state index is 0.469. The van der Waals surface area contributed by atoms with Gasteiger partial charge in [-0.1, -0.05) is 13.0 Å². The molecule has 0 spiro atoms. The third kappa shape index (κ3) is 4.42. The van der Waals surface area contributed by atoms with Gasteiger partial charge in [0.05, 0.1) is 6.26 Å². The second-order valence-corrected chi connectivity index (χ2v) is 5.21. The van der Waals surface area contributed by atoms with Crippen LogP contribution in [0.3, 0.4) is 0 Å². The van der Waals surface area contributed by atoms with E-state index < -0.39 is 0 Å². The summed E-state index contributed by atoms with van der Waals surface area (Å²) in [5.41, 5.74) is 3.59. The van der Waals surface area contributed by atoms with E-state index in [1.807, 2.05) is 18.2 Å². The van der Waals surface area contributed by atoms with Crippen molar-refractivity contribution in [1.82, 2.24) is 5.32 Å². The van der Waals surface area contributed by atoms with E-state index in [2.05, 4.69) is 32.2 Å². The largest absolute Gasteiger partial charge is 0.486 e. The van der Waals surface area contributed by atoms with Crippen molar-refractivity contribution < 1.29 is 9.15 Å². The molecule has 0 amide bonds. The molecule has 0 unspecified atom stereocenters. The average molecular weight is 273 g/mol. The maximum absolute atomic E-state index is 5.78. The molecule has 0 aliphatic rings. The average Bonchev–Trinajstić information content (AvgIpc) is 2.84. The van der Waals surface area contributed by atoms with Gasteiger partial charge < -0.3 is 14.5 Å². The topological polar surface area (TPSA) is 34.4 Å². The minimum Gasteiger partial charge on any atom is -0.486 e.